The van der Waals surface area contributed by atoms with Gasteiger partial charge in [0.05, 0.1) is 11.4 Å². The first-order valence-corrected chi connectivity index (χ1v) is 7.61. The van der Waals surface area contributed by atoms with E-state index in [-0.39, 0.29) is 0 Å². The lowest BCUT2D eigenvalue weighted by Gasteiger charge is -2.06. The van der Waals surface area contributed by atoms with Crippen molar-refractivity contribution in [2.24, 2.45) is 0 Å². The van der Waals surface area contributed by atoms with Gasteiger partial charge in [0.15, 0.2) is 5.69 Å². The van der Waals surface area contributed by atoms with Gasteiger partial charge in [-0.2, -0.15) is 0 Å². The van der Waals surface area contributed by atoms with Gasteiger partial charge in [0, 0.05) is 5.56 Å². The van der Waals surface area contributed by atoms with Gasteiger partial charge < -0.3 is 4.42 Å². The molecule has 24 heavy (non-hydrogen) atoms. The summed E-state index contributed by atoms with van der Waals surface area (Å²) in [6, 6.07) is 17.7. The number of para-hydroxylation sites is 1. The average molecular weight is 317 g/mol. The minimum atomic E-state index is 0.367. The maximum absolute atomic E-state index is 5.78. The lowest BCUT2D eigenvalue weighted by atomic mass is 10.2. The van der Waals surface area contributed by atoms with Crippen molar-refractivity contribution in [3.05, 3.63) is 65.9 Å². The first-order valence-electron chi connectivity index (χ1n) is 7.61. The van der Waals surface area contributed by atoms with E-state index in [1.807, 2.05) is 68.4 Å². The van der Waals surface area contributed by atoms with Gasteiger partial charge in [0.2, 0.25) is 5.89 Å². The molecular formula is C18H15N5O. The molecule has 0 amide bonds. The number of nitrogens with zero attached hydrogens (tertiary/aromatic N) is 5. The Kier molecular flexibility index (Phi) is 3.42. The largest absolute Gasteiger partial charge is 0.414 e. The Bertz CT molecular complexity index is 988. The van der Waals surface area contributed by atoms with Crippen LogP contribution in [0.3, 0.4) is 0 Å². The summed E-state index contributed by atoms with van der Waals surface area (Å²) in [4.78, 5) is 0. The molecule has 0 N–H and O–H groups in total. The molecule has 6 nitrogen and oxygen atoms in total. The maximum Gasteiger partial charge on any atom is 0.270 e. The second kappa shape index (κ2) is 5.73. The zero-order valence-electron chi connectivity index (χ0n) is 13.3. The SMILES string of the molecule is Cc1ccccc1-n1nnc(-c2nnc(-c3ccccc3)o2)c1C. The zero-order valence-corrected chi connectivity index (χ0v) is 13.3. The van der Waals surface area contributed by atoms with Crippen LogP contribution in [0, 0.1) is 13.8 Å². The highest BCUT2D eigenvalue weighted by molar-refractivity contribution is 5.57. The maximum atomic E-state index is 5.78. The summed E-state index contributed by atoms with van der Waals surface area (Å²) in [5.74, 6) is 0.835. The van der Waals surface area contributed by atoms with Crippen molar-refractivity contribution in [1.82, 2.24) is 25.2 Å². The molecule has 0 atom stereocenters. The molecule has 0 saturated carbocycles. The molecule has 118 valence electrons. The Morgan fingerprint density at radius 2 is 1.50 bits per heavy atom. The molecule has 0 saturated heterocycles. The fourth-order valence-electron chi connectivity index (χ4n) is 2.57. The van der Waals surface area contributed by atoms with Crippen LogP contribution in [0.1, 0.15) is 11.3 Å². The van der Waals surface area contributed by atoms with Gasteiger partial charge in [0.25, 0.3) is 5.89 Å². The fourth-order valence-corrected chi connectivity index (χ4v) is 2.57. The summed E-state index contributed by atoms with van der Waals surface area (Å²) in [5.41, 5.74) is 4.42. The first-order chi connectivity index (χ1) is 11.7. The number of rotatable bonds is 3. The van der Waals surface area contributed by atoms with E-state index in [2.05, 4.69) is 20.5 Å². The van der Waals surface area contributed by atoms with E-state index in [1.165, 1.54) is 0 Å². The number of hydrogen-bond acceptors (Lipinski definition) is 5. The van der Waals surface area contributed by atoms with Crippen LogP contribution in [0.2, 0.25) is 0 Å². The van der Waals surface area contributed by atoms with E-state index in [0.29, 0.717) is 17.5 Å². The van der Waals surface area contributed by atoms with Crippen LogP contribution in [-0.2, 0) is 0 Å². The molecule has 0 aliphatic carbocycles. The van der Waals surface area contributed by atoms with Gasteiger partial charge >= 0.3 is 0 Å². The van der Waals surface area contributed by atoms with E-state index < -0.39 is 0 Å². The van der Waals surface area contributed by atoms with Crippen LogP contribution in [0.25, 0.3) is 28.7 Å². The molecule has 0 radical (unpaired) electrons. The Morgan fingerprint density at radius 3 is 2.29 bits per heavy atom. The van der Waals surface area contributed by atoms with E-state index in [4.69, 9.17) is 4.42 Å². The minimum absolute atomic E-state index is 0.367. The standard InChI is InChI=1S/C18H15N5O/c1-12-8-6-7-11-15(12)23-13(2)16(19-22-23)18-21-20-17(24-18)14-9-4-3-5-10-14/h3-11H,1-2H3. The summed E-state index contributed by atoms with van der Waals surface area (Å²) in [6.07, 6.45) is 0. The molecule has 0 bridgehead atoms. The Balaban J connectivity index is 1.74. The molecule has 2 aromatic heterocycles. The summed E-state index contributed by atoms with van der Waals surface area (Å²) in [5, 5.41) is 16.7. The highest BCUT2D eigenvalue weighted by atomic mass is 16.4. The second-order valence-corrected chi connectivity index (χ2v) is 5.50. The third-order valence-corrected chi connectivity index (χ3v) is 3.89. The van der Waals surface area contributed by atoms with Gasteiger partial charge in [-0.15, -0.1) is 15.3 Å². The second-order valence-electron chi connectivity index (χ2n) is 5.50. The van der Waals surface area contributed by atoms with Crippen molar-refractivity contribution < 1.29 is 4.42 Å². The molecule has 0 fully saturated rings. The summed E-state index contributed by atoms with van der Waals surface area (Å²) in [7, 11) is 0. The van der Waals surface area contributed by atoms with Gasteiger partial charge in [-0.05, 0) is 37.6 Å². The number of aryl methyl sites for hydroxylation is 1. The van der Waals surface area contributed by atoms with Gasteiger partial charge in [-0.3, -0.25) is 0 Å². The predicted octanol–water partition coefficient (Wildman–Crippen LogP) is 3.60. The lowest BCUT2D eigenvalue weighted by molar-refractivity contribution is 0.581. The van der Waals surface area contributed by atoms with Crippen LogP contribution in [-0.4, -0.2) is 25.2 Å². The summed E-state index contributed by atoms with van der Waals surface area (Å²) >= 11 is 0. The van der Waals surface area contributed by atoms with Crippen molar-refractivity contribution >= 4 is 0 Å². The van der Waals surface area contributed by atoms with Gasteiger partial charge in [-0.1, -0.05) is 41.6 Å². The molecule has 4 rings (SSSR count). The first kappa shape index (κ1) is 14.3. The van der Waals surface area contributed by atoms with Crippen LogP contribution in [0.4, 0.5) is 0 Å². The van der Waals surface area contributed by atoms with Gasteiger partial charge in [0.1, 0.15) is 0 Å². The van der Waals surface area contributed by atoms with E-state index >= 15 is 0 Å². The molecule has 0 aliphatic rings. The highest BCUT2D eigenvalue weighted by Crippen LogP contribution is 2.26. The summed E-state index contributed by atoms with van der Waals surface area (Å²) in [6.45, 7) is 3.98. The number of hydrogen-bond donors (Lipinski definition) is 0. The Labute approximate surface area is 138 Å². The number of benzene rings is 2. The van der Waals surface area contributed by atoms with Gasteiger partial charge in [-0.25, -0.2) is 4.68 Å². The minimum Gasteiger partial charge on any atom is -0.414 e. The molecule has 0 unspecified atom stereocenters. The molecule has 0 spiro atoms. The lowest BCUT2D eigenvalue weighted by Crippen LogP contribution is -2.01. The fraction of sp³-hybridized carbons (Fsp3) is 0.111. The van der Waals surface area contributed by atoms with E-state index in [0.717, 1.165) is 22.5 Å². The van der Waals surface area contributed by atoms with E-state index in [1.54, 1.807) is 4.68 Å². The van der Waals surface area contributed by atoms with Crippen molar-refractivity contribution in [1.29, 1.82) is 0 Å². The topological polar surface area (TPSA) is 69.6 Å². The smallest absolute Gasteiger partial charge is 0.270 e. The zero-order chi connectivity index (χ0) is 16.5. The quantitative estimate of drug-likeness (QED) is 0.577. The highest BCUT2D eigenvalue weighted by Gasteiger charge is 2.19. The predicted molar refractivity (Wildman–Crippen MR) is 89.6 cm³/mol. The monoisotopic (exact) mass is 317 g/mol. The van der Waals surface area contributed by atoms with Crippen molar-refractivity contribution in [3.8, 4) is 28.7 Å². The van der Waals surface area contributed by atoms with Crippen molar-refractivity contribution in [2.45, 2.75) is 13.8 Å². The van der Waals surface area contributed by atoms with Crippen molar-refractivity contribution in [2.75, 3.05) is 0 Å². The molecule has 6 heteroatoms. The van der Waals surface area contributed by atoms with Crippen LogP contribution in [0.5, 0.6) is 0 Å². The molecule has 0 aliphatic heterocycles. The van der Waals surface area contributed by atoms with Crippen LogP contribution >= 0.6 is 0 Å². The van der Waals surface area contributed by atoms with Crippen LogP contribution in [0.15, 0.2) is 59.0 Å². The van der Waals surface area contributed by atoms with Crippen molar-refractivity contribution in [3.63, 3.8) is 0 Å². The third-order valence-electron chi connectivity index (χ3n) is 3.89. The average Bonchev–Trinajstić information content (AvgIpc) is 3.23. The molecule has 4 aromatic rings. The Hall–Kier alpha value is -3.28. The Morgan fingerprint density at radius 1 is 0.792 bits per heavy atom. The normalized spacial score (nSPS) is 10.9. The number of aromatic nitrogens is 5. The molecular weight excluding hydrogens is 302 g/mol. The van der Waals surface area contributed by atoms with Crippen LogP contribution < -0.4 is 0 Å². The third kappa shape index (κ3) is 2.38. The van der Waals surface area contributed by atoms with E-state index in [9.17, 15) is 0 Å². The molecule has 2 aromatic carbocycles. The summed E-state index contributed by atoms with van der Waals surface area (Å²) < 4.78 is 7.57. The molecule has 2 heterocycles.